The summed E-state index contributed by atoms with van der Waals surface area (Å²) in [5.74, 6) is 2.48. The molecule has 1 nitrogen and oxygen atoms in total. The predicted octanol–water partition coefficient (Wildman–Crippen LogP) is 1.29. The Labute approximate surface area is 43.7 Å². The van der Waals surface area contributed by atoms with E-state index in [1.807, 2.05) is 0 Å². The number of hydrogen-bond acceptors (Lipinski definition) is 1. The molecule has 0 aromatic rings. The molecule has 0 aromatic carbocycles. The van der Waals surface area contributed by atoms with Crippen LogP contribution in [0.15, 0.2) is 12.7 Å². The molecule has 0 atom stereocenters. The largest absolute Gasteiger partial charge is 0.462 e. The first-order valence-electron chi connectivity index (χ1n) is 2.14. The molecule has 0 aromatic heterocycles. The van der Waals surface area contributed by atoms with Gasteiger partial charge >= 0.3 is 0 Å². The van der Waals surface area contributed by atoms with E-state index in [-0.39, 0.29) is 0 Å². The van der Waals surface area contributed by atoms with E-state index in [4.69, 9.17) is 5.11 Å². The first-order valence-corrected chi connectivity index (χ1v) is 2.14. The van der Waals surface area contributed by atoms with Gasteiger partial charge in [-0.1, -0.05) is 12.0 Å². The van der Waals surface area contributed by atoms with Gasteiger partial charge < -0.3 is 5.11 Å². The van der Waals surface area contributed by atoms with Crippen molar-refractivity contribution in [2.75, 3.05) is 0 Å². The lowest BCUT2D eigenvalue weighted by Crippen LogP contribution is -1.61. The van der Waals surface area contributed by atoms with Crippen LogP contribution in [0.2, 0.25) is 0 Å². The maximum atomic E-state index is 7.90. The Kier molecular flexibility index (Phi) is 4.44. The highest BCUT2D eigenvalue weighted by Crippen LogP contribution is 1.83. The van der Waals surface area contributed by atoms with Gasteiger partial charge in [0.2, 0.25) is 0 Å². The number of aliphatic hydroxyl groups is 1. The van der Waals surface area contributed by atoms with Gasteiger partial charge in [0.05, 0.1) is 0 Å². The number of unbranched alkanes of at least 4 members (excludes halogenated alkanes) is 1. The molecule has 0 rings (SSSR count). The van der Waals surface area contributed by atoms with Crippen LogP contribution in [-0.2, 0) is 0 Å². The molecule has 0 unspecified atom stereocenters. The second kappa shape index (κ2) is 5.10. The Hall–Kier alpha value is -0.900. The van der Waals surface area contributed by atoms with Crippen molar-refractivity contribution in [1.29, 1.82) is 0 Å². The second-order valence-electron chi connectivity index (χ2n) is 1.12. The molecule has 0 aliphatic heterocycles. The molecule has 0 fully saturated rings. The zero-order chi connectivity index (χ0) is 5.54. The third-order valence-electron chi connectivity index (χ3n) is 0.553. The monoisotopic (exact) mass is 96.1 g/mol. The molecule has 0 aliphatic carbocycles. The van der Waals surface area contributed by atoms with Crippen molar-refractivity contribution in [3.8, 4) is 12.0 Å². The highest BCUT2D eigenvalue weighted by molar-refractivity contribution is 4.91. The van der Waals surface area contributed by atoms with Crippen molar-refractivity contribution < 1.29 is 5.11 Å². The molecule has 0 saturated heterocycles. The van der Waals surface area contributed by atoms with Crippen LogP contribution >= 0.6 is 0 Å². The zero-order valence-corrected chi connectivity index (χ0v) is 4.15. The molecule has 0 radical (unpaired) electrons. The van der Waals surface area contributed by atoms with Crippen LogP contribution in [0.4, 0.5) is 0 Å². The molecule has 7 heavy (non-hydrogen) atoms. The molecule has 0 amide bonds. The van der Waals surface area contributed by atoms with Crippen molar-refractivity contribution in [2.24, 2.45) is 0 Å². The molecule has 0 aliphatic rings. The molecule has 1 heteroatoms. The number of aliphatic hydroxyl groups excluding tert-OH is 1. The van der Waals surface area contributed by atoms with Gasteiger partial charge in [0.1, 0.15) is 6.11 Å². The fourth-order valence-electron chi connectivity index (χ4n) is 0.230. The summed E-state index contributed by atoms with van der Waals surface area (Å²) < 4.78 is 0. The minimum absolute atomic E-state index is 0.708. The second-order valence-corrected chi connectivity index (χ2v) is 1.12. The van der Waals surface area contributed by atoms with E-state index >= 15 is 0 Å². The first-order chi connectivity index (χ1) is 3.41. The molecule has 38 valence electrons. The lowest BCUT2D eigenvalue weighted by molar-refractivity contribution is 0.516. The Balaban J connectivity index is 2.92. The van der Waals surface area contributed by atoms with Crippen LogP contribution in [0, 0.1) is 12.0 Å². The van der Waals surface area contributed by atoms with Gasteiger partial charge in [-0.2, -0.15) is 0 Å². The summed E-state index contributed by atoms with van der Waals surface area (Å²) in [5.41, 5.74) is 0. The average Bonchev–Trinajstić information content (AvgIpc) is 1.69. The number of rotatable bonds is 2. The average molecular weight is 96.1 g/mol. The Bertz CT molecular complexity index is 94.5. The van der Waals surface area contributed by atoms with Crippen LogP contribution in [-0.4, -0.2) is 5.11 Å². The zero-order valence-electron chi connectivity index (χ0n) is 4.15. The van der Waals surface area contributed by atoms with E-state index in [1.165, 1.54) is 0 Å². The highest BCUT2D eigenvalue weighted by atomic mass is 16.2. The molecular weight excluding hydrogens is 88.1 g/mol. The van der Waals surface area contributed by atoms with Crippen LogP contribution < -0.4 is 0 Å². The number of allylic oxidation sites excluding steroid dienone is 1. The van der Waals surface area contributed by atoms with Crippen LogP contribution in [0.5, 0.6) is 0 Å². The summed E-state index contributed by atoms with van der Waals surface area (Å²) >= 11 is 0. The molecule has 0 heterocycles. The normalized spacial score (nSPS) is 6.29. The smallest absolute Gasteiger partial charge is 0.107 e. The molecular formula is C6H8O. The van der Waals surface area contributed by atoms with E-state index in [9.17, 15) is 0 Å². The Morgan fingerprint density at radius 1 is 1.71 bits per heavy atom. The summed E-state index contributed by atoms with van der Waals surface area (Å²) in [7, 11) is 0. The SMILES string of the molecule is C=CCCC#CO. The first kappa shape index (κ1) is 6.10. The quantitative estimate of drug-likeness (QED) is 0.312. The summed E-state index contributed by atoms with van der Waals surface area (Å²) in [6.45, 7) is 3.48. The van der Waals surface area contributed by atoms with Gasteiger partial charge in [0.25, 0.3) is 0 Å². The standard InChI is InChI=1S/C6H8O/c1-2-3-4-5-6-7/h2,7H,1,3-4H2. The summed E-state index contributed by atoms with van der Waals surface area (Å²) in [6.07, 6.45) is 5.14. The molecule has 1 N–H and O–H groups in total. The van der Waals surface area contributed by atoms with E-state index in [0.29, 0.717) is 6.42 Å². The summed E-state index contributed by atoms with van der Waals surface area (Å²) in [4.78, 5) is 0. The van der Waals surface area contributed by atoms with Crippen molar-refractivity contribution in [1.82, 2.24) is 0 Å². The lowest BCUT2D eigenvalue weighted by atomic mass is 10.3. The summed E-state index contributed by atoms with van der Waals surface area (Å²) in [5, 5.41) is 7.90. The van der Waals surface area contributed by atoms with Crippen LogP contribution in [0.1, 0.15) is 12.8 Å². The van der Waals surface area contributed by atoms with E-state index in [2.05, 4.69) is 12.5 Å². The van der Waals surface area contributed by atoms with Gasteiger partial charge in [-0.25, -0.2) is 0 Å². The van der Waals surface area contributed by atoms with Crippen LogP contribution in [0.3, 0.4) is 0 Å². The van der Waals surface area contributed by atoms with Gasteiger partial charge in [-0.15, -0.1) is 6.58 Å². The van der Waals surface area contributed by atoms with Gasteiger partial charge in [0, 0.05) is 6.42 Å². The molecule has 0 spiro atoms. The fraction of sp³-hybridized carbons (Fsp3) is 0.333. The minimum atomic E-state index is 0.708. The lowest BCUT2D eigenvalue weighted by Gasteiger charge is -1.74. The van der Waals surface area contributed by atoms with E-state index in [0.717, 1.165) is 6.42 Å². The van der Waals surface area contributed by atoms with E-state index in [1.54, 1.807) is 12.2 Å². The predicted molar refractivity (Wildman–Crippen MR) is 29.1 cm³/mol. The van der Waals surface area contributed by atoms with E-state index < -0.39 is 0 Å². The fourth-order valence-corrected chi connectivity index (χ4v) is 0.230. The molecule has 0 saturated carbocycles. The number of hydrogen-bond donors (Lipinski definition) is 1. The Morgan fingerprint density at radius 3 is 2.86 bits per heavy atom. The third-order valence-corrected chi connectivity index (χ3v) is 0.553. The van der Waals surface area contributed by atoms with Gasteiger partial charge in [0.15, 0.2) is 0 Å². The van der Waals surface area contributed by atoms with Gasteiger partial charge in [-0.3, -0.25) is 0 Å². The van der Waals surface area contributed by atoms with Crippen LogP contribution in [0.25, 0.3) is 0 Å². The van der Waals surface area contributed by atoms with Crippen molar-refractivity contribution in [2.45, 2.75) is 12.8 Å². The molecule has 0 bridgehead atoms. The van der Waals surface area contributed by atoms with Crippen molar-refractivity contribution >= 4 is 0 Å². The topological polar surface area (TPSA) is 20.2 Å². The highest BCUT2D eigenvalue weighted by Gasteiger charge is 1.68. The van der Waals surface area contributed by atoms with Crippen molar-refractivity contribution in [3.05, 3.63) is 12.7 Å². The van der Waals surface area contributed by atoms with Gasteiger partial charge in [-0.05, 0) is 6.42 Å². The Morgan fingerprint density at radius 2 is 2.43 bits per heavy atom. The maximum absolute atomic E-state index is 7.90. The minimum Gasteiger partial charge on any atom is -0.462 e. The van der Waals surface area contributed by atoms with Crippen molar-refractivity contribution in [3.63, 3.8) is 0 Å². The third kappa shape index (κ3) is 5.10. The summed E-state index contributed by atoms with van der Waals surface area (Å²) in [6, 6.07) is 0. The maximum Gasteiger partial charge on any atom is 0.107 e.